The molecule has 1 aromatic heterocycles. The van der Waals surface area contributed by atoms with Gasteiger partial charge in [-0.15, -0.1) is 0 Å². The maximum atomic E-state index is 13.0. The maximum absolute atomic E-state index is 13.0. The summed E-state index contributed by atoms with van der Waals surface area (Å²) in [4.78, 5) is 17.7. The molecule has 0 amide bonds. The SMILES string of the molecule is COc1cccc(-n2c(SC/C=C/Cl)nc3ccccc3c2=O)c1. The molecule has 2 aromatic carbocycles. The summed E-state index contributed by atoms with van der Waals surface area (Å²) in [7, 11) is 1.60. The van der Waals surface area contributed by atoms with E-state index in [0.717, 1.165) is 5.69 Å². The van der Waals surface area contributed by atoms with Crippen molar-refractivity contribution in [1.29, 1.82) is 0 Å². The Kier molecular flexibility index (Phi) is 5.23. The van der Waals surface area contributed by atoms with Crippen molar-refractivity contribution in [3.05, 3.63) is 70.5 Å². The van der Waals surface area contributed by atoms with Crippen LogP contribution in [0.15, 0.2) is 70.1 Å². The monoisotopic (exact) mass is 358 g/mol. The highest BCUT2D eigenvalue weighted by Crippen LogP contribution is 2.23. The summed E-state index contributed by atoms with van der Waals surface area (Å²) in [5.41, 5.74) is 2.75. The number of methoxy groups -OCH3 is 1. The smallest absolute Gasteiger partial charge is 0.266 e. The van der Waals surface area contributed by atoms with Crippen molar-refractivity contribution in [2.75, 3.05) is 12.9 Å². The number of halogens is 1. The van der Waals surface area contributed by atoms with E-state index in [9.17, 15) is 4.79 Å². The highest BCUT2D eigenvalue weighted by Gasteiger charge is 2.13. The quantitative estimate of drug-likeness (QED) is 0.505. The molecule has 3 aromatic rings. The van der Waals surface area contributed by atoms with E-state index in [-0.39, 0.29) is 5.56 Å². The summed E-state index contributed by atoms with van der Waals surface area (Å²) >= 11 is 7.04. The number of benzene rings is 2. The Morgan fingerprint density at radius 1 is 1.25 bits per heavy atom. The second-order valence-corrected chi connectivity index (χ2v) is 6.17. The van der Waals surface area contributed by atoms with Gasteiger partial charge in [0.2, 0.25) is 0 Å². The molecule has 0 aliphatic heterocycles. The lowest BCUT2D eigenvalue weighted by Gasteiger charge is -2.13. The number of nitrogens with zero attached hydrogens (tertiary/aromatic N) is 2. The first-order valence-electron chi connectivity index (χ1n) is 7.29. The number of rotatable bonds is 5. The Morgan fingerprint density at radius 2 is 2.08 bits per heavy atom. The predicted octanol–water partition coefficient (Wildman–Crippen LogP) is 4.24. The first kappa shape index (κ1) is 16.6. The molecular formula is C18H15ClN2O2S. The Bertz CT molecular complexity index is 953. The van der Waals surface area contributed by atoms with Crippen LogP contribution in [0, 0.1) is 0 Å². The molecule has 3 rings (SSSR count). The van der Waals surface area contributed by atoms with E-state index in [1.165, 1.54) is 17.3 Å². The molecule has 0 fully saturated rings. The maximum Gasteiger partial charge on any atom is 0.266 e. The van der Waals surface area contributed by atoms with Crippen LogP contribution >= 0.6 is 23.4 Å². The van der Waals surface area contributed by atoms with Crippen molar-refractivity contribution in [3.63, 3.8) is 0 Å². The van der Waals surface area contributed by atoms with E-state index in [2.05, 4.69) is 4.98 Å². The van der Waals surface area contributed by atoms with Crippen molar-refractivity contribution < 1.29 is 4.74 Å². The van der Waals surface area contributed by atoms with E-state index in [0.29, 0.717) is 27.6 Å². The summed E-state index contributed by atoms with van der Waals surface area (Å²) in [5, 5.41) is 1.19. The molecule has 0 aliphatic carbocycles. The molecule has 0 aliphatic rings. The molecule has 122 valence electrons. The minimum Gasteiger partial charge on any atom is -0.497 e. The molecule has 0 saturated heterocycles. The third-order valence-electron chi connectivity index (χ3n) is 3.45. The third-order valence-corrected chi connectivity index (χ3v) is 4.52. The summed E-state index contributed by atoms with van der Waals surface area (Å²) in [6.45, 7) is 0. The number of para-hydroxylation sites is 1. The number of hydrogen-bond acceptors (Lipinski definition) is 4. The van der Waals surface area contributed by atoms with Crippen LogP contribution in [0.1, 0.15) is 0 Å². The van der Waals surface area contributed by atoms with Gasteiger partial charge in [0.1, 0.15) is 5.75 Å². The van der Waals surface area contributed by atoms with E-state index in [4.69, 9.17) is 16.3 Å². The van der Waals surface area contributed by atoms with Crippen LogP contribution in [0.3, 0.4) is 0 Å². The van der Waals surface area contributed by atoms with Gasteiger partial charge in [-0.05, 0) is 24.3 Å². The van der Waals surface area contributed by atoms with Gasteiger partial charge < -0.3 is 4.74 Å². The molecule has 0 atom stereocenters. The van der Waals surface area contributed by atoms with Crippen LogP contribution in [0.2, 0.25) is 0 Å². The van der Waals surface area contributed by atoms with Gasteiger partial charge in [-0.2, -0.15) is 0 Å². The van der Waals surface area contributed by atoms with Gasteiger partial charge in [0.05, 0.1) is 23.7 Å². The number of fused-ring (bicyclic) bond motifs is 1. The fourth-order valence-corrected chi connectivity index (χ4v) is 3.36. The highest BCUT2D eigenvalue weighted by molar-refractivity contribution is 7.99. The first-order valence-corrected chi connectivity index (χ1v) is 8.71. The number of aromatic nitrogens is 2. The molecule has 0 unspecified atom stereocenters. The third kappa shape index (κ3) is 3.32. The topological polar surface area (TPSA) is 44.1 Å². The summed E-state index contributed by atoms with van der Waals surface area (Å²) in [6, 6.07) is 14.7. The molecule has 6 heteroatoms. The summed E-state index contributed by atoms with van der Waals surface area (Å²) < 4.78 is 6.88. The van der Waals surface area contributed by atoms with E-state index >= 15 is 0 Å². The minimum atomic E-state index is -0.105. The van der Waals surface area contributed by atoms with Crippen LogP contribution in [-0.2, 0) is 0 Å². The van der Waals surface area contributed by atoms with Crippen LogP contribution in [0.5, 0.6) is 5.75 Å². The molecule has 0 N–H and O–H groups in total. The lowest BCUT2D eigenvalue weighted by atomic mass is 10.2. The van der Waals surface area contributed by atoms with Gasteiger partial charge in [0.25, 0.3) is 5.56 Å². The Labute approximate surface area is 148 Å². The Balaban J connectivity index is 2.24. The average Bonchev–Trinajstić information content (AvgIpc) is 2.62. The average molecular weight is 359 g/mol. The zero-order valence-electron chi connectivity index (χ0n) is 13.0. The van der Waals surface area contributed by atoms with Crippen molar-refractivity contribution in [1.82, 2.24) is 9.55 Å². The Hall–Kier alpha value is -2.24. The standard InChI is InChI=1S/C18H15ClN2O2S/c1-23-14-7-4-6-13(12-14)21-17(22)15-8-2-3-9-16(15)20-18(21)24-11-5-10-19/h2-10,12H,11H2,1H3/b10-5+. The number of hydrogen-bond donors (Lipinski definition) is 0. The lowest BCUT2D eigenvalue weighted by molar-refractivity contribution is 0.414. The van der Waals surface area contributed by atoms with Crippen LogP contribution in [-0.4, -0.2) is 22.4 Å². The molecule has 0 radical (unpaired) electrons. The lowest BCUT2D eigenvalue weighted by Crippen LogP contribution is -2.21. The molecule has 4 nitrogen and oxygen atoms in total. The van der Waals surface area contributed by atoms with Gasteiger partial charge in [0.15, 0.2) is 5.16 Å². The molecule has 0 bridgehead atoms. The number of thioether (sulfide) groups is 1. The molecular weight excluding hydrogens is 344 g/mol. The van der Waals surface area contributed by atoms with Crippen LogP contribution in [0.25, 0.3) is 16.6 Å². The van der Waals surface area contributed by atoms with Crippen molar-refractivity contribution in [3.8, 4) is 11.4 Å². The highest BCUT2D eigenvalue weighted by atomic mass is 35.5. The predicted molar refractivity (Wildman–Crippen MR) is 99.6 cm³/mol. The van der Waals surface area contributed by atoms with Crippen molar-refractivity contribution >= 4 is 34.3 Å². The van der Waals surface area contributed by atoms with Gasteiger partial charge in [-0.1, -0.05) is 47.6 Å². The molecule has 0 saturated carbocycles. The van der Waals surface area contributed by atoms with Crippen molar-refractivity contribution in [2.45, 2.75) is 5.16 Å². The second kappa shape index (κ2) is 7.55. The van der Waals surface area contributed by atoms with Crippen LogP contribution in [0.4, 0.5) is 0 Å². The van der Waals surface area contributed by atoms with Crippen LogP contribution < -0.4 is 10.3 Å². The molecule has 24 heavy (non-hydrogen) atoms. The van der Waals surface area contributed by atoms with Crippen molar-refractivity contribution in [2.24, 2.45) is 0 Å². The zero-order valence-corrected chi connectivity index (χ0v) is 14.6. The second-order valence-electron chi connectivity index (χ2n) is 4.93. The first-order chi connectivity index (χ1) is 11.7. The van der Waals surface area contributed by atoms with Gasteiger partial charge in [-0.25, -0.2) is 4.98 Å². The van der Waals surface area contributed by atoms with E-state index in [1.807, 2.05) is 48.5 Å². The van der Waals surface area contributed by atoms with Gasteiger partial charge >= 0.3 is 0 Å². The summed E-state index contributed by atoms with van der Waals surface area (Å²) in [5.74, 6) is 1.31. The molecule has 0 spiro atoms. The molecule has 1 heterocycles. The van der Waals surface area contributed by atoms with Gasteiger partial charge in [-0.3, -0.25) is 9.36 Å². The normalized spacial score (nSPS) is 11.2. The Morgan fingerprint density at radius 3 is 2.88 bits per heavy atom. The largest absolute Gasteiger partial charge is 0.497 e. The fourth-order valence-electron chi connectivity index (χ4n) is 2.35. The summed E-state index contributed by atoms with van der Waals surface area (Å²) in [6.07, 6.45) is 1.81. The fraction of sp³-hybridized carbons (Fsp3) is 0.111. The van der Waals surface area contributed by atoms with E-state index in [1.54, 1.807) is 17.7 Å². The minimum absolute atomic E-state index is 0.105. The van der Waals surface area contributed by atoms with Gasteiger partial charge in [0, 0.05) is 17.4 Å². The number of ether oxygens (including phenoxy) is 1. The van der Waals surface area contributed by atoms with E-state index < -0.39 is 0 Å². The zero-order chi connectivity index (χ0) is 16.9.